The van der Waals surface area contributed by atoms with Crippen molar-refractivity contribution in [2.24, 2.45) is 5.92 Å². The molecule has 2 N–H and O–H groups in total. The fourth-order valence-electron chi connectivity index (χ4n) is 2.26. The Labute approximate surface area is 81.7 Å². The first-order chi connectivity index (χ1) is 6.33. The average Bonchev–Trinajstić information content (AvgIpc) is 2.57. The highest BCUT2D eigenvalue weighted by molar-refractivity contribution is 4.72. The van der Waals surface area contributed by atoms with E-state index in [0.29, 0.717) is 12.6 Å². The Morgan fingerprint density at radius 2 is 2.08 bits per heavy atom. The van der Waals surface area contributed by atoms with E-state index in [1.54, 1.807) is 0 Å². The number of aliphatic hydroxyl groups is 1. The van der Waals surface area contributed by atoms with Crippen molar-refractivity contribution in [2.45, 2.75) is 51.5 Å². The van der Waals surface area contributed by atoms with Crippen molar-refractivity contribution in [3.8, 4) is 0 Å². The molecule has 0 heterocycles. The molecular weight excluding hydrogens is 162 g/mol. The van der Waals surface area contributed by atoms with Gasteiger partial charge >= 0.3 is 0 Å². The number of hydrogen-bond acceptors (Lipinski definition) is 2. The molecule has 0 bridgehead atoms. The zero-order valence-corrected chi connectivity index (χ0v) is 8.76. The third kappa shape index (κ3) is 4.63. The van der Waals surface area contributed by atoms with Crippen LogP contribution in [0.2, 0.25) is 0 Å². The molecule has 2 nitrogen and oxygen atoms in total. The van der Waals surface area contributed by atoms with E-state index in [0.717, 1.165) is 18.9 Å². The second-order valence-electron chi connectivity index (χ2n) is 4.32. The van der Waals surface area contributed by atoms with Gasteiger partial charge in [0.25, 0.3) is 0 Å². The molecule has 0 aliphatic heterocycles. The minimum Gasteiger partial charge on any atom is -0.396 e. The smallest absolute Gasteiger partial charge is 0.0443 e. The summed E-state index contributed by atoms with van der Waals surface area (Å²) in [7, 11) is 0. The highest BCUT2D eigenvalue weighted by Gasteiger charge is 2.17. The van der Waals surface area contributed by atoms with Gasteiger partial charge in [-0.3, -0.25) is 0 Å². The normalized spacial score (nSPS) is 20.8. The molecule has 0 aromatic rings. The van der Waals surface area contributed by atoms with Crippen molar-refractivity contribution in [3.05, 3.63) is 0 Å². The summed E-state index contributed by atoms with van der Waals surface area (Å²) >= 11 is 0. The Bertz CT molecular complexity index is 121. The fraction of sp³-hybridized carbons (Fsp3) is 1.00. The maximum absolute atomic E-state index is 8.62. The van der Waals surface area contributed by atoms with Crippen LogP contribution in [0.5, 0.6) is 0 Å². The third-order valence-corrected chi connectivity index (χ3v) is 2.99. The third-order valence-electron chi connectivity index (χ3n) is 2.99. The maximum Gasteiger partial charge on any atom is 0.0443 e. The van der Waals surface area contributed by atoms with Gasteiger partial charge in [0, 0.05) is 12.6 Å². The Balaban J connectivity index is 1.99. The van der Waals surface area contributed by atoms with Crippen molar-refractivity contribution in [1.29, 1.82) is 0 Å². The standard InChI is InChI=1S/C11H23NO/c1-10(12-7-4-8-13)9-11-5-2-3-6-11/h10-13H,2-9H2,1H3. The van der Waals surface area contributed by atoms with Crippen LogP contribution in [-0.2, 0) is 0 Å². The lowest BCUT2D eigenvalue weighted by molar-refractivity contribution is 0.281. The van der Waals surface area contributed by atoms with E-state index in [2.05, 4.69) is 12.2 Å². The van der Waals surface area contributed by atoms with Gasteiger partial charge in [-0.25, -0.2) is 0 Å². The van der Waals surface area contributed by atoms with E-state index in [1.165, 1.54) is 32.1 Å². The first-order valence-corrected chi connectivity index (χ1v) is 5.67. The van der Waals surface area contributed by atoms with Crippen LogP contribution in [0.25, 0.3) is 0 Å². The molecule has 1 aliphatic carbocycles. The highest BCUT2D eigenvalue weighted by Crippen LogP contribution is 2.28. The van der Waals surface area contributed by atoms with Gasteiger partial charge in [-0.1, -0.05) is 25.7 Å². The Kier molecular flexibility index (Phi) is 5.40. The summed E-state index contributed by atoms with van der Waals surface area (Å²) in [5.41, 5.74) is 0. The van der Waals surface area contributed by atoms with E-state index in [9.17, 15) is 0 Å². The van der Waals surface area contributed by atoms with Crippen molar-refractivity contribution in [1.82, 2.24) is 5.32 Å². The van der Waals surface area contributed by atoms with E-state index in [4.69, 9.17) is 5.11 Å². The van der Waals surface area contributed by atoms with Gasteiger partial charge in [0.15, 0.2) is 0 Å². The first-order valence-electron chi connectivity index (χ1n) is 5.67. The van der Waals surface area contributed by atoms with Gasteiger partial charge in [-0.05, 0) is 32.2 Å². The van der Waals surface area contributed by atoms with Crippen LogP contribution in [0.4, 0.5) is 0 Å². The lowest BCUT2D eigenvalue weighted by Gasteiger charge is -2.17. The quantitative estimate of drug-likeness (QED) is 0.620. The predicted molar refractivity (Wildman–Crippen MR) is 55.7 cm³/mol. The molecule has 0 aromatic heterocycles. The van der Waals surface area contributed by atoms with Crippen LogP contribution < -0.4 is 5.32 Å². The molecular formula is C11H23NO. The lowest BCUT2D eigenvalue weighted by atomic mass is 9.99. The summed E-state index contributed by atoms with van der Waals surface area (Å²) in [6.45, 7) is 3.53. The summed E-state index contributed by atoms with van der Waals surface area (Å²) in [6, 6.07) is 0.634. The molecule has 1 aliphatic rings. The summed E-state index contributed by atoms with van der Waals surface area (Å²) in [6.07, 6.45) is 7.96. The Hall–Kier alpha value is -0.0800. The second-order valence-corrected chi connectivity index (χ2v) is 4.32. The van der Waals surface area contributed by atoms with Gasteiger partial charge in [0.2, 0.25) is 0 Å². The van der Waals surface area contributed by atoms with Gasteiger partial charge in [-0.15, -0.1) is 0 Å². The topological polar surface area (TPSA) is 32.3 Å². The molecule has 1 rings (SSSR count). The zero-order valence-electron chi connectivity index (χ0n) is 8.76. The van der Waals surface area contributed by atoms with Crippen molar-refractivity contribution < 1.29 is 5.11 Å². The van der Waals surface area contributed by atoms with Crippen LogP contribution in [-0.4, -0.2) is 24.3 Å². The fourth-order valence-corrected chi connectivity index (χ4v) is 2.26. The molecule has 13 heavy (non-hydrogen) atoms. The average molecular weight is 185 g/mol. The molecule has 1 fully saturated rings. The van der Waals surface area contributed by atoms with Gasteiger partial charge in [0.05, 0.1) is 0 Å². The summed E-state index contributed by atoms with van der Waals surface area (Å²) in [5.74, 6) is 0.969. The van der Waals surface area contributed by atoms with E-state index >= 15 is 0 Å². The number of aliphatic hydroxyl groups excluding tert-OH is 1. The van der Waals surface area contributed by atoms with Crippen LogP contribution in [0.3, 0.4) is 0 Å². The molecule has 0 radical (unpaired) electrons. The van der Waals surface area contributed by atoms with Crippen molar-refractivity contribution >= 4 is 0 Å². The molecule has 0 amide bonds. The molecule has 1 unspecified atom stereocenters. The summed E-state index contributed by atoms with van der Waals surface area (Å²) < 4.78 is 0. The number of nitrogens with one attached hydrogen (secondary N) is 1. The van der Waals surface area contributed by atoms with Crippen molar-refractivity contribution in [3.63, 3.8) is 0 Å². The largest absolute Gasteiger partial charge is 0.396 e. The van der Waals surface area contributed by atoms with Crippen LogP contribution >= 0.6 is 0 Å². The first kappa shape index (κ1) is 11.0. The Morgan fingerprint density at radius 3 is 2.69 bits per heavy atom. The molecule has 0 aromatic carbocycles. The molecule has 78 valence electrons. The van der Waals surface area contributed by atoms with Crippen LogP contribution in [0, 0.1) is 5.92 Å². The van der Waals surface area contributed by atoms with Crippen LogP contribution in [0.1, 0.15) is 45.4 Å². The SMILES string of the molecule is CC(CC1CCCC1)NCCCO. The van der Waals surface area contributed by atoms with Crippen molar-refractivity contribution in [2.75, 3.05) is 13.2 Å². The molecule has 1 saturated carbocycles. The van der Waals surface area contributed by atoms with E-state index in [-0.39, 0.29) is 0 Å². The van der Waals surface area contributed by atoms with Crippen LogP contribution in [0.15, 0.2) is 0 Å². The molecule has 0 saturated heterocycles. The minimum absolute atomic E-state index is 0.309. The minimum atomic E-state index is 0.309. The highest BCUT2D eigenvalue weighted by atomic mass is 16.3. The second kappa shape index (κ2) is 6.39. The van der Waals surface area contributed by atoms with E-state index in [1.807, 2.05) is 0 Å². The maximum atomic E-state index is 8.62. The number of rotatable bonds is 6. The summed E-state index contributed by atoms with van der Waals surface area (Å²) in [5, 5.41) is 12.1. The molecule has 2 heteroatoms. The van der Waals surface area contributed by atoms with E-state index < -0.39 is 0 Å². The van der Waals surface area contributed by atoms with Gasteiger partial charge in [0.1, 0.15) is 0 Å². The zero-order chi connectivity index (χ0) is 9.52. The van der Waals surface area contributed by atoms with Gasteiger partial charge < -0.3 is 10.4 Å². The Morgan fingerprint density at radius 1 is 1.38 bits per heavy atom. The predicted octanol–water partition coefficient (Wildman–Crippen LogP) is 1.93. The molecule has 0 spiro atoms. The summed E-state index contributed by atoms with van der Waals surface area (Å²) in [4.78, 5) is 0. The molecule has 1 atom stereocenters. The van der Waals surface area contributed by atoms with Gasteiger partial charge in [-0.2, -0.15) is 0 Å². The lowest BCUT2D eigenvalue weighted by Crippen LogP contribution is -2.29. The monoisotopic (exact) mass is 185 g/mol. The number of hydrogen-bond donors (Lipinski definition) is 2.